The highest BCUT2D eigenvalue weighted by Gasteiger charge is 2.17. The molecule has 5 heteroatoms. The summed E-state index contributed by atoms with van der Waals surface area (Å²) in [6.07, 6.45) is 0. The average molecular weight is 162 g/mol. The van der Waals surface area contributed by atoms with E-state index < -0.39 is 20.8 Å². The summed E-state index contributed by atoms with van der Waals surface area (Å²) in [7, 11) is -3.25. The van der Waals surface area contributed by atoms with Crippen molar-refractivity contribution in [3.05, 3.63) is 0 Å². The summed E-state index contributed by atoms with van der Waals surface area (Å²) in [5, 5.41) is 7.47. The molecule has 0 aromatic rings. The monoisotopic (exact) mass is 162 g/mol. The van der Waals surface area contributed by atoms with Crippen LogP contribution in [0.4, 0.5) is 0 Å². The molecule has 1 atom stereocenters. The summed E-state index contributed by atoms with van der Waals surface area (Å²) >= 11 is 0. The molecule has 0 spiro atoms. The molecule has 0 rings (SSSR count). The Morgan fingerprint density at radius 2 is 2.20 bits per heavy atom. The van der Waals surface area contributed by atoms with Crippen molar-refractivity contribution in [3.63, 3.8) is 0 Å². The molecule has 0 aliphatic rings. The molecule has 1 unspecified atom stereocenters. The standard InChI is InChI=1S/C5H10N2O2S/c1-5(4-7)10(8,9)3-2-6/h5H,3-4,7H2,1H3. The molecule has 0 aromatic carbocycles. The normalized spacial score (nSPS) is 14.1. The summed E-state index contributed by atoms with van der Waals surface area (Å²) in [5.74, 6) is -0.439. The smallest absolute Gasteiger partial charge is 0.167 e. The molecule has 0 fully saturated rings. The second-order valence-corrected chi connectivity index (χ2v) is 4.43. The molecule has 0 saturated carbocycles. The fourth-order valence-corrected chi connectivity index (χ4v) is 1.14. The molecule has 2 N–H and O–H groups in total. The van der Waals surface area contributed by atoms with Gasteiger partial charge in [0, 0.05) is 6.54 Å². The maximum Gasteiger partial charge on any atom is 0.167 e. The highest BCUT2D eigenvalue weighted by atomic mass is 32.2. The predicted molar refractivity (Wildman–Crippen MR) is 37.9 cm³/mol. The number of nitrogens with two attached hydrogens (primary N) is 1. The molecular formula is C5H10N2O2S. The third kappa shape index (κ3) is 2.33. The van der Waals surface area contributed by atoms with Crippen LogP contribution in [0.15, 0.2) is 0 Å². The van der Waals surface area contributed by atoms with Crippen LogP contribution >= 0.6 is 0 Å². The summed E-state index contributed by atoms with van der Waals surface area (Å²) in [6.45, 7) is 1.57. The highest BCUT2D eigenvalue weighted by molar-refractivity contribution is 7.92. The van der Waals surface area contributed by atoms with Gasteiger partial charge in [-0.25, -0.2) is 8.42 Å². The summed E-state index contributed by atoms with van der Waals surface area (Å²) in [5.41, 5.74) is 5.10. The predicted octanol–water partition coefficient (Wildman–Crippen LogP) is -0.728. The van der Waals surface area contributed by atoms with Crippen molar-refractivity contribution in [1.82, 2.24) is 0 Å². The lowest BCUT2D eigenvalue weighted by Crippen LogP contribution is -2.28. The minimum atomic E-state index is -3.25. The van der Waals surface area contributed by atoms with E-state index in [2.05, 4.69) is 0 Å². The second-order valence-electron chi connectivity index (χ2n) is 2.01. The van der Waals surface area contributed by atoms with Gasteiger partial charge in [0.1, 0.15) is 5.75 Å². The lowest BCUT2D eigenvalue weighted by molar-refractivity contribution is 0.587. The Balaban J connectivity index is 4.30. The zero-order chi connectivity index (χ0) is 8.20. The van der Waals surface area contributed by atoms with Gasteiger partial charge in [-0.15, -0.1) is 0 Å². The van der Waals surface area contributed by atoms with Crippen molar-refractivity contribution in [3.8, 4) is 6.07 Å². The number of nitriles is 1. The third-order valence-corrected chi connectivity index (χ3v) is 3.16. The van der Waals surface area contributed by atoms with E-state index in [0.29, 0.717) is 0 Å². The first-order chi connectivity index (χ1) is 4.54. The van der Waals surface area contributed by atoms with Crippen LogP contribution < -0.4 is 5.73 Å². The van der Waals surface area contributed by atoms with E-state index in [1.807, 2.05) is 0 Å². The van der Waals surface area contributed by atoms with Gasteiger partial charge in [0.15, 0.2) is 9.84 Å². The van der Waals surface area contributed by atoms with Crippen molar-refractivity contribution in [2.24, 2.45) is 5.73 Å². The van der Waals surface area contributed by atoms with Crippen LogP contribution in [0.1, 0.15) is 6.92 Å². The van der Waals surface area contributed by atoms with E-state index in [1.165, 1.54) is 6.92 Å². The van der Waals surface area contributed by atoms with Crippen molar-refractivity contribution in [2.75, 3.05) is 12.3 Å². The maximum atomic E-state index is 10.9. The third-order valence-electron chi connectivity index (χ3n) is 1.21. The minimum absolute atomic E-state index is 0.0734. The Morgan fingerprint density at radius 3 is 2.50 bits per heavy atom. The molecule has 58 valence electrons. The molecule has 0 radical (unpaired) electrons. The molecule has 0 aromatic heterocycles. The Labute approximate surface area is 60.6 Å². The van der Waals surface area contributed by atoms with Crippen LogP contribution in [0.25, 0.3) is 0 Å². The van der Waals surface area contributed by atoms with E-state index in [1.54, 1.807) is 6.07 Å². The molecule has 0 saturated heterocycles. The summed E-state index contributed by atoms with van der Waals surface area (Å²) < 4.78 is 21.7. The quantitative estimate of drug-likeness (QED) is 0.593. The Kier molecular flexibility index (Phi) is 3.33. The fourth-order valence-electron chi connectivity index (χ4n) is 0.379. The molecule has 0 aliphatic heterocycles. The van der Waals surface area contributed by atoms with Gasteiger partial charge in [-0.3, -0.25) is 0 Å². The van der Waals surface area contributed by atoms with Gasteiger partial charge in [-0.1, -0.05) is 0 Å². The summed E-state index contributed by atoms with van der Waals surface area (Å²) in [4.78, 5) is 0. The highest BCUT2D eigenvalue weighted by Crippen LogP contribution is 1.98. The van der Waals surface area contributed by atoms with Gasteiger partial charge in [-0.2, -0.15) is 5.26 Å². The maximum absolute atomic E-state index is 10.9. The molecule has 0 aliphatic carbocycles. The van der Waals surface area contributed by atoms with Crippen LogP contribution in [0.5, 0.6) is 0 Å². The molecule has 0 amide bonds. The van der Waals surface area contributed by atoms with Gasteiger partial charge in [0.25, 0.3) is 0 Å². The van der Waals surface area contributed by atoms with E-state index in [4.69, 9.17) is 11.0 Å². The molecule has 0 bridgehead atoms. The van der Waals surface area contributed by atoms with Crippen LogP contribution in [-0.2, 0) is 9.84 Å². The summed E-state index contributed by atoms with van der Waals surface area (Å²) in [6, 6.07) is 1.58. The van der Waals surface area contributed by atoms with E-state index in [0.717, 1.165) is 0 Å². The first-order valence-electron chi connectivity index (χ1n) is 2.83. The van der Waals surface area contributed by atoms with Crippen LogP contribution in [0, 0.1) is 11.3 Å². The van der Waals surface area contributed by atoms with Crippen molar-refractivity contribution in [1.29, 1.82) is 5.26 Å². The average Bonchev–Trinajstić information content (AvgIpc) is 1.86. The first-order valence-corrected chi connectivity index (χ1v) is 4.54. The van der Waals surface area contributed by atoms with Crippen molar-refractivity contribution >= 4 is 9.84 Å². The van der Waals surface area contributed by atoms with Crippen LogP contribution in [0.3, 0.4) is 0 Å². The fraction of sp³-hybridized carbons (Fsp3) is 0.800. The van der Waals surface area contributed by atoms with Crippen LogP contribution in [0.2, 0.25) is 0 Å². The number of hydrogen-bond acceptors (Lipinski definition) is 4. The molecule has 10 heavy (non-hydrogen) atoms. The number of rotatable bonds is 3. The number of sulfone groups is 1. The second kappa shape index (κ2) is 3.54. The van der Waals surface area contributed by atoms with Gasteiger partial charge < -0.3 is 5.73 Å². The zero-order valence-electron chi connectivity index (χ0n) is 5.74. The van der Waals surface area contributed by atoms with Gasteiger partial charge in [0.2, 0.25) is 0 Å². The SMILES string of the molecule is CC(CN)S(=O)(=O)CC#N. The number of hydrogen-bond donors (Lipinski definition) is 1. The van der Waals surface area contributed by atoms with Gasteiger partial charge in [-0.05, 0) is 6.92 Å². The van der Waals surface area contributed by atoms with Gasteiger partial charge >= 0.3 is 0 Å². The zero-order valence-corrected chi connectivity index (χ0v) is 6.56. The largest absolute Gasteiger partial charge is 0.329 e. The lowest BCUT2D eigenvalue weighted by atomic mass is 10.5. The van der Waals surface area contributed by atoms with E-state index in [-0.39, 0.29) is 6.54 Å². The Hall–Kier alpha value is -0.600. The Bertz CT molecular complexity index is 227. The first kappa shape index (κ1) is 9.40. The Morgan fingerprint density at radius 1 is 1.70 bits per heavy atom. The van der Waals surface area contributed by atoms with E-state index >= 15 is 0 Å². The molecule has 4 nitrogen and oxygen atoms in total. The van der Waals surface area contributed by atoms with Crippen molar-refractivity contribution < 1.29 is 8.42 Å². The lowest BCUT2D eigenvalue weighted by Gasteiger charge is -2.05. The topological polar surface area (TPSA) is 84.0 Å². The molecular weight excluding hydrogens is 152 g/mol. The van der Waals surface area contributed by atoms with Gasteiger partial charge in [0.05, 0.1) is 11.3 Å². The van der Waals surface area contributed by atoms with Crippen LogP contribution in [-0.4, -0.2) is 26.0 Å². The van der Waals surface area contributed by atoms with Crippen molar-refractivity contribution in [2.45, 2.75) is 12.2 Å². The van der Waals surface area contributed by atoms with E-state index in [9.17, 15) is 8.42 Å². The number of nitrogens with zero attached hydrogens (tertiary/aromatic N) is 1. The minimum Gasteiger partial charge on any atom is -0.329 e. The molecule has 0 heterocycles.